The third-order valence-corrected chi connectivity index (χ3v) is 3.11. The highest BCUT2D eigenvalue weighted by molar-refractivity contribution is 5.80. The van der Waals surface area contributed by atoms with Gasteiger partial charge in [0.2, 0.25) is 5.95 Å². The van der Waals surface area contributed by atoms with Gasteiger partial charge in [-0.2, -0.15) is 0 Å². The number of nitrogens with one attached hydrogen (secondary N) is 3. The van der Waals surface area contributed by atoms with Crippen LogP contribution in [0, 0.1) is 10.1 Å². The van der Waals surface area contributed by atoms with Crippen molar-refractivity contribution in [2.45, 2.75) is 6.54 Å². The molecule has 3 aromatic rings. The first-order chi connectivity index (χ1) is 11.0. The topological polar surface area (TPSA) is 147 Å². The van der Waals surface area contributed by atoms with Gasteiger partial charge in [-0.15, -0.1) is 0 Å². The van der Waals surface area contributed by atoms with Crippen molar-refractivity contribution in [3.8, 4) is 0 Å². The van der Waals surface area contributed by atoms with Crippen molar-refractivity contribution in [3.05, 3.63) is 67.0 Å². The van der Waals surface area contributed by atoms with E-state index >= 15 is 0 Å². The second-order valence-corrected chi connectivity index (χ2v) is 4.62. The van der Waals surface area contributed by atoms with Crippen LogP contribution >= 0.6 is 0 Å². The van der Waals surface area contributed by atoms with E-state index in [0.29, 0.717) is 17.0 Å². The molecule has 0 unspecified atom stereocenters. The Balaban J connectivity index is 2.09. The van der Waals surface area contributed by atoms with E-state index in [1.165, 1.54) is 12.1 Å². The van der Waals surface area contributed by atoms with E-state index < -0.39 is 16.0 Å². The van der Waals surface area contributed by atoms with Gasteiger partial charge in [0.15, 0.2) is 0 Å². The lowest BCUT2D eigenvalue weighted by atomic mass is 10.1. The van der Waals surface area contributed by atoms with Crippen LogP contribution in [0.5, 0.6) is 0 Å². The van der Waals surface area contributed by atoms with Gasteiger partial charge in [-0.25, -0.2) is 9.97 Å². The number of nitrogens with zero attached hydrogens (tertiary/aromatic N) is 3. The standard InChI is InChI=1S/C13H10N6O4/c20-11-12(21)18-10-7(6-16-13-14-2-1-3-15-13)4-8(19(22)23)5-9(10)17-11/h1-5H,6H2,(H,17,20)(H,18,21)(H,14,15,16). The van der Waals surface area contributed by atoms with Crippen LogP contribution in [-0.4, -0.2) is 24.9 Å². The van der Waals surface area contributed by atoms with Crippen LogP contribution < -0.4 is 16.4 Å². The average Bonchev–Trinajstić information content (AvgIpc) is 2.54. The lowest BCUT2D eigenvalue weighted by Gasteiger charge is -2.08. The molecule has 0 amide bonds. The average molecular weight is 314 g/mol. The van der Waals surface area contributed by atoms with Gasteiger partial charge in [0.25, 0.3) is 5.69 Å². The minimum Gasteiger partial charge on any atom is -0.350 e. The van der Waals surface area contributed by atoms with E-state index in [9.17, 15) is 19.7 Å². The third kappa shape index (κ3) is 2.90. The number of non-ortho nitro benzene ring substituents is 1. The van der Waals surface area contributed by atoms with E-state index in [-0.39, 0.29) is 17.7 Å². The summed E-state index contributed by atoms with van der Waals surface area (Å²) >= 11 is 0. The zero-order valence-electron chi connectivity index (χ0n) is 11.6. The van der Waals surface area contributed by atoms with Gasteiger partial charge in [0.05, 0.1) is 16.0 Å². The van der Waals surface area contributed by atoms with Crippen molar-refractivity contribution in [3.63, 3.8) is 0 Å². The quantitative estimate of drug-likeness (QED) is 0.361. The molecule has 0 aliphatic heterocycles. The van der Waals surface area contributed by atoms with Gasteiger partial charge in [0.1, 0.15) is 0 Å². The van der Waals surface area contributed by atoms with Crippen LogP contribution in [0.15, 0.2) is 40.2 Å². The Bertz CT molecular complexity index is 995. The Morgan fingerprint density at radius 3 is 2.52 bits per heavy atom. The van der Waals surface area contributed by atoms with E-state index in [1.54, 1.807) is 18.5 Å². The van der Waals surface area contributed by atoms with Crippen molar-refractivity contribution in [1.82, 2.24) is 19.9 Å². The molecule has 10 nitrogen and oxygen atoms in total. The minimum atomic E-state index is -0.872. The molecule has 23 heavy (non-hydrogen) atoms. The number of fused-ring (bicyclic) bond motifs is 1. The maximum absolute atomic E-state index is 11.5. The molecule has 0 atom stereocenters. The van der Waals surface area contributed by atoms with E-state index in [0.717, 1.165) is 0 Å². The van der Waals surface area contributed by atoms with Gasteiger partial charge in [-0.1, -0.05) is 0 Å². The summed E-state index contributed by atoms with van der Waals surface area (Å²) in [5.41, 5.74) is -0.994. The SMILES string of the molecule is O=c1[nH]c2cc([N+](=O)[O-])cc(CNc3ncccn3)c2[nH]c1=O. The summed E-state index contributed by atoms with van der Waals surface area (Å²) in [7, 11) is 0. The van der Waals surface area contributed by atoms with Gasteiger partial charge >= 0.3 is 11.1 Å². The molecule has 0 bridgehead atoms. The Hall–Kier alpha value is -3.56. The molecule has 0 aliphatic carbocycles. The minimum absolute atomic E-state index is 0.129. The Morgan fingerprint density at radius 2 is 1.83 bits per heavy atom. The fourth-order valence-electron chi connectivity index (χ4n) is 2.09. The van der Waals surface area contributed by atoms with Crippen LogP contribution in [0.25, 0.3) is 11.0 Å². The fraction of sp³-hybridized carbons (Fsp3) is 0.0769. The van der Waals surface area contributed by atoms with Crippen LogP contribution in [0.2, 0.25) is 0 Å². The van der Waals surface area contributed by atoms with Gasteiger partial charge in [-0.05, 0) is 6.07 Å². The number of benzene rings is 1. The highest BCUT2D eigenvalue weighted by Crippen LogP contribution is 2.22. The Morgan fingerprint density at radius 1 is 1.13 bits per heavy atom. The van der Waals surface area contributed by atoms with Gasteiger partial charge < -0.3 is 15.3 Å². The molecule has 0 saturated heterocycles. The normalized spacial score (nSPS) is 10.6. The summed E-state index contributed by atoms with van der Waals surface area (Å²) in [6.07, 6.45) is 3.08. The first kappa shape index (κ1) is 14.4. The molecule has 3 N–H and O–H groups in total. The first-order valence-electron chi connectivity index (χ1n) is 6.49. The summed E-state index contributed by atoms with van der Waals surface area (Å²) in [4.78, 5) is 46.1. The Kier molecular flexibility index (Phi) is 3.55. The lowest BCUT2D eigenvalue weighted by Crippen LogP contribution is -2.29. The number of hydrogen-bond acceptors (Lipinski definition) is 7. The van der Waals surface area contributed by atoms with Gasteiger partial charge in [0, 0.05) is 36.6 Å². The van der Waals surface area contributed by atoms with E-state index in [2.05, 4.69) is 25.3 Å². The van der Waals surface area contributed by atoms with Crippen LogP contribution in [0.4, 0.5) is 11.6 Å². The van der Waals surface area contributed by atoms with E-state index in [1.807, 2.05) is 0 Å². The number of anilines is 1. The van der Waals surface area contributed by atoms with Crippen molar-refractivity contribution in [2.24, 2.45) is 0 Å². The number of rotatable bonds is 4. The molecule has 10 heteroatoms. The molecule has 0 aliphatic rings. The predicted molar refractivity (Wildman–Crippen MR) is 81.2 cm³/mol. The number of aromatic nitrogens is 4. The highest BCUT2D eigenvalue weighted by atomic mass is 16.6. The van der Waals surface area contributed by atoms with Crippen LogP contribution in [0.1, 0.15) is 5.56 Å². The second kappa shape index (κ2) is 5.67. The number of hydrogen-bond donors (Lipinski definition) is 3. The molecular formula is C13H10N6O4. The molecular weight excluding hydrogens is 304 g/mol. The molecule has 0 spiro atoms. The Labute approximate surface area is 127 Å². The molecule has 1 aromatic carbocycles. The molecule has 2 aromatic heterocycles. The van der Waals surface area contributed by atoms with Crippen molar-refractivity contribution < 1.29 is 4.92 Å². The molecule has 0 fully saturated rings. The largest absolute Gasteiger partial charge is 0.350 e. The van der Waals surface area contributed by atoms with Crippen molar-refractivity contribution in [1.29, 1.82) is 0 Å². The number of aromatic amines is 2. The zero-order valence-corrected chi connectivity index (χ0v) is 11.6. The molecule has 0 saturated carbocycles. The van der Waals surface area contributed by atoms with E-state index in [4.69, 9.17) is 0 Å². The lowest BCUT2D eigenvalue weighted by molar-refractivity contribution is -0.384. The summed E-state index contributed by atoms with van der Waals surface area (Å²) in [5.74, 6) is 0.332. The summed E-state index contributed by atoms with van der Waals surface area (Å²) < 4.78 is 0. The maximum atomic E-state index is 11.5. The molecule has 116 valence electrons. The fourth-order valence-corrected chi connectivity index (χ4v) is 2.09. The van der Waals surface area contributed by atoms with Crippen LogP contribution in [-0.2, 0) is 6.54 Å². The predicted octanol–water partition coefficient (Wildman–Crippen LogP) is 0.527. The summed E-state index contributed by atoms with van der Waals surface area (Å²) in [6.45, 7) is 0.129. The van der Waals surface area contributed by atoms with Crippen LogP contribution in [0.3, 0.4) is 0 Å². The number of nitro benzene ring substituents is 1. The monoisotopic (exact) mass is 314 g/mol. The number of H-pyrrole nitrogens is 2. The number of nitro groups is 1. The third-order valence-electron chi connectivity index (χ3n) is 3.11. The zero-order chi connectivity index (χ0) is 16.4. The maximum Gasteiger partial charge on any atom is 0.314 e. The van der Waals surface area contributed by atoms with Crippen molar-refractivity contribution in [2.75, 3.05) is 5.32 Å². The molecule has 0 radical (unpaired) electrons. The smallest absolute Gasteiger partial charge is 0.314 e. The van der Waals surface area contributed by atoms with Crippen molar-refractivity contribution >= 4 is 22.7 Å². The molecule has 3 rings (SSSR count). The second-order valence-electron chi connectivity index (χ2n) is 4.62. The highest BCUT2D eigenvalue weighted by Gasteiger charge is 2.14. The molecule has 2 heterocycles. The summed E-state index contributed by atoms with van der Waals surface area (Å²) in [6, 6.07) is 4.15. The van der Waals surface area contributed by atoms with Gasteiger partial charge in [-0.3, -0.25) is 19.7 Å². The summed E-state index contributed by atoms with van der Waals surface area (Å²) in [5, 5.41) is 13.9. The first-order valence-corrected chi connectivity index (χ1v) is 6.49.